The van der Waals surface area contributed by atoms with Crippen LogP contribution in [-0.2, 0) is 20.6 Å². The van der Waals surface area contributed by atoms with Crippen LogP contribution in [0, 0.1) is 0 Å². The topological polar surface area (TPSA) is 87.7 Å². The molecule has 192 valence electrons. The Balaban J connectivity index is 1.35. The Labute approximate surface area is 219 Å². The molecule has 2 N–H and O–H groups in total. The maximum absolute atomic E-state index is 12.9. The number of hydrogen-bond acceptors (Lipinski definition) is 4. The van der Waals surface area contributed by atoms with E-state index >= 15 is 0 Å². The largest absolute Gasteiger partial charge is 0.457 e. The first-order chi connectivity index (χ1) is 17.5. The van der Waals surface area contributed by atoms with Crippen LogP contribution < -0.4 is 20.3 Å². The number of alkyl halides is 3. The molecule has 1 aliphatic heterocycles. The molecule has 37 heavy (non-hydrogen) atoms. The summed E-state index contributed by atoms with van der Waals surface area (Å²) in [5.41, 5.74) is -0.856. The molecule has 0 saturated carbocycles. The van der Waals surface area contributed by atoms with E-state index < -0.39 is 39.6 Å². The van der Waals surface area contributed by atoms with E-state index in [9.17, 15) is 27.6 Å². The minimum absolute atomic E-state index is 0.0475. The average Bonchev–Trinajstić information content (AvgIpc) is 3.22. The summed E-state index contributed by atoms with van der Waals surface area (Å²) in [7, 11) is 0. The number of rotatable bonds is 5. The van der Waals surface area contributed by atoms with Crippen LogP contribution in [-0.4, -0.2) is 30.3 Å². The zero-order chi connectivity index (χ0) is 26.7. The van der Waals surface area contributed by atoms with Crippen LogP contribution in [0.2, 0.25) is 10.0 Å². The lowest BCUT2D eigenvalue weighted by Gasteiger charge is -2.18. The van der Waals surface area contributed by atoms with Crippen molar-refractivity contribution in [1.29, 1.82) is 0 Å². The van der Waals surface area contributed by atoms with Gasteiger partial charge in [0.1, 0.15) is 11.5 Å². The lowest BCUT2D eigenvalue weighted by Crippen LogP contribution is -2.43. The van der Waals surface area contributed by atoms with E-state index in [2.05, 4.69) is 10.6 Å². The van der Waals surface area contributed by atoms with Crippen molar-refractivity contribution in [1.82, 2.24) is 5.32 Å². The molecular formula is C25H18Cl2F3N3O4. The summed E-state index contributed by atoms with van der Waals surface area (Å²) >= 11 is 11.5. The number of anilines is 2. The van der Waals surface area contributed by atoms with Gasteiger partial charge in [-0.1, -0.05) is 41.4 Å². The van der Waals surface area contributed by atoms with Crippen LogP contribution in [0.15, 0.2) is 66.7 Å². The second-order valence-corrected chi connectivity index (χ2v) is 8.78. The fourth-order valence-corrected chi connectivity index (χ4v) is 4.15. The summed E-state index contributed by atoms with van der Waals surface area (Å²) in [6, 6.07) is 16.8. The lowest BCUT2D eigenvalue weighted by atomic mass is 10.2. The van der Waals surface area contributed by atoms with E-state index in [1.54, 1.807) is 36.4 Å². The van der Waals surface area contributed by atoms with E-state index in [-0.39, 0.29) is 24.6 Å². The van der Waals surface area contributed by atoms with Crippen molar-refractivity contribution >= 4 is 52.3 Å². The van der Waals surface area contributed by atoms with Crippen LogP contribution in [0.25, 0.3) is 0 Å². The minimum atomic E-state index is -4.74. The summed E-state index contributed by atoms with van der Waals surface area (Å²) in [4.78, 5) is 38.7. The van der Waals surface area contributed by atoms with Gasteiger partial charge in [-0.15, -0.1) is 0 Å². The highest BCUT2D eigenvalue weighted by Gasteiger charge is 2.35. The SMILES string of the molecule is O=C(Nc1ccc(C(F)(F)F)c(Cl)c1Cl)C(=O)NC1CC(=O)N(c2ccc(Oc3ccccc3)cc2)C1. The molecular weight excluding hydrogens is 534 g/mol. The van der Waals surface area contributed by atoms with Crippen LogP contribution in [0.3, 0.4) is 0 Å². The number of carbonyl (C=O) groups excluding carboxylic acids is 3. The van der Waals surface area contributed by atoms with Gasteiger partial charge in [0.15, 0.2) is 0 Å². The molecule has 3 aromatic rings. The van der Waals surface area contributed by atoms with Gasteiger partial charge in [-0.2, -0.15) is 13.2 Å². The van der Waals surface area contributed by atoms with Crippen molar-refractivity contribution in [2.45, 2.75) is 18.6 Å². The van der Waals surface area contributed by atoms with Gasteiger partial charge in [0.25, 0.3) is 0 Å². The van der Waals surface area contributed by atoms with Crippen molar-refractivity contribution in [3.8, 4) is 11.5 Å². The second-order valence-electron chi connectivity index (χ2n) is 8.03. The highest BCUT2D eigenvalue weighted by atomic mass is 35.5. The van der Waals surface area contributed by atoms with Crippen molar-refractivity contribution in [2.75, 3.05) is 16.8 Å². The molecule has 3 amide bonds. The fraction of sp³-hybridized carbons (Fsp3) is 0.160. The van der Waals surface area contributed by atoms with Crippen LogP contribution >= 0.6 is 23.2 Å². The third kappa shape index (κ3) is 6.15. The highest BCUT2D eigenvalue weighted by molar-refractivity contribution is 6.46. The summed E-state index contributed by atoms with van der Waals surface area (Å²) in [5.74, 6) is -1.29. The Morgan fingerprint density at radius 1 is 0.892 bits per heavy atom. The van der Waals surface area contributed by atoms with Gasteiger partial charge in [0.05, 0.1) is 27.3 Å². The van der Waals surface area contributed by atoms with Gasteiger partial charge in [-0.05, 0) is 48.5 Å². The first-order valence-electron chi connectivity index (χ1n) is 10.8. The number of ether oxygens (including phenoxy) is 1. The van der Waals surface area contributed by atoms with E-state index in [0.29, 0.717) is 23.3 Å². The van der Waals surface area contributed by atoms with Crippen molar-refractivity contribution in [2.24, 2.45) is 0 Å². The number of nitrogens with zero attached hydrogens (tertiary/aromatic N) is 1. The second kappa shape index (κ2) is 10.7. The molecule has 1 atom stereocenters. The Kier molecular flexibility index (Phi) is 7.60. The van der Waals surface area contributed by atoms with Crippen LogP contribution in [0.4, 0.5) is 24.5 Å². The van der Waals surface area contributed by atoms with Gasteiger partial charge >= 0.3 is 18.0 Å². The zero-order valence-electron chi connectivity index (χ0n) is 18.8. The predicted molar refractivity (Wildman–Crippen MR) is 132 cm³/mol. The normalized spacial score (nSPS) is 15.4. The molecule has 0 spiro atoms. The number of amides is 3. The quantitative estimate of drug-likeness (QED) is 0.400. The Morgan fingerprint density at radius 3 is 2.19 bits per heavy atom. The van der Waals surface area contributed by atoms with Gasteiger partial charge < -0.3 is 20.3 Å². The van der Waals surface area contributed by atoms with Crippen LogP contribution in [0.5, 0.6) is 11.5 Å². The van der Waals surface area contributed by atoms with Gasteiger partial charge in [0.2, 0.25) is 5.91 Å². The van der Waals surface area contributed by atoms with Crippen molar-refractivity contribution in [3.05, 3.63) is 82.3 Å². The molecule has 4 rings (SSSR count). The molecule has 1 heterocycles. The predicted octanol–water partition coefficient (Wildman–Crippen LogP) is 5.66. The Morgan fingerprint density at radius 2 is 1.54 bits per heavy atom. The fourth-order valence-electron chi connectivity index (χ4n) is 3.67. The van der Waals surface area contributed by atoms with E-state index in [1.165, 1.54) is 4.90 Å². The summed E-state index contributed by atoms with van der Waals surface area (Å²) in [6.45, 7) is 0.115. The molecule has 0 radical (unpaired) electrons. The minimum Gasteiger partial charge on any atom is -0.457 e. The maximum atomic E-state index is 12.9. The Hall–Kier alpha value is -3.76. The molecule has 12 heteroatoms. The third-order valence-electron chi connectivity index (χ3n) is 5.43. The number of halogens is 5. The lowest BCUT2D eigenvalue weighted by molar-refractivity contribution is -0.137. The Bertz CT molecular complexity index is 1340. The van der Waals surface area contributed by atoms with E-state index in [4.69, 9.17) is 27.9 Å². The molecule has 0 aliphatic carbocycles. The molecule has 3 aromatic carbocycles. The van der Waals surface area contributed by atoms with Crippen molar-refractivity contribution in [3.63, 3.8) is 0 Å². The van der Waals surface area contributed by atoms with E-state index in [1.807, 2.05) is 18.2 Å². The third-order valence-corrected chi connectivity index (χ3v) is 6.31. The standard InChI is InChI=1S/C25H18Cl2F3N3O4/c26-21-18(25(28,29)30)10-11-19(22(21)27)32-24(36)23(35)31-14-12-20(34)33(13-14)15-6-8-17(9-7-15)37-16-4-2-1-3-5-16/h1-11,14H,12-13H2,(H,31,35)(H,32,36). The number of benzene rings is 3. The number of para-hydroxylation sites is 1. The molecule has 1 unspecified atom stereocenters. The molecule has 1 saturated heterocycles. The summed E-state index contributed by atoms with van der Waals surface area (Å²) in [5, 5.41) is 3.23. The maximum Gasteiger partial charge on any atom is 0.417 e. The first kappa shape index (κ1) is 26.3. The number of hydrogen-bond donors (Lipinski definition) is 2. The molecule has 1 aliphatic rings. The molecule has 7 nitrogen and oxygen atoms in total. The van der Waals surface area contributed by atoms with Crippen molar-refractivity contribution < 1.29 is 32.3 Å². The van der Waals surface area contributed by atoms with E-state index in [0.717, 1.165) is 6.07 Å². The van der Waals surface area contributed by atoms with Crippen LogP contribution in [0.1, 0.15) is 12.0 Å². The monoisotopic (exact) mass is 551 g/mol. The van der Waals surface area contributed by atoms with Gasteiger partial charge in [-0.3, -0.25) is 14.4 Å². The number of nitrogens with one attached hydrogen (secondary N) is 2. The summed E-state index contributed by atoms with van der Waals surface area (Å²) in [6.07, 6.45) is -4.79. The molecule has 1 fully saturated rings. The van der Waals surface area contributed by atoms with Gasteiger partial charge in [-0.25, -0.2) is 0 Å². The number of carbonyl (C=O) groups is 3. The summed E-state index contributed by atoms with van der Waals surface area (Å²) < 4.78 is 44.6. The highest BCUT2D eigenvalue weighted by Crippen LogP contribution is 2.41. The molecule has 0 bridgehead atoms. The van der Waals surface area contributed by atoms with Gasteiger partial charge in [0, 0.05) is 18.7 Å². The first-order valence-corrected chi connectivity index (χ1v) is 11.6. The average molecular weight is 552 g/mol. The zero-order valence-corrected chi connectivity index (χ0v) is 20.3. The smallest absolute Gasteiger partial charge is 0.417 e. The molecule has 0 aromatic heterocycles.